The minimum Gasteiger partial charge on any atom is -0.493 e. The lowest BCUT2D eigenvalue weighted by molar-refractivity contribution is 0.102. The maximum absolute atomic E-state index is 11.8. The van der Waals surface area contributed by atoms with Crippen LogP contribution in [0.2, 0.25) is 0 Å². The minimum absolute atomic E-state index is 0.0753. The molecule has 20 heavy (non-hydrogen) atoms. The molecule has 1 aromatic carbocycles. The Morgan fingerprint density at radius 3 is 2.60 bits per heavy atom. The van der Waals surface area contributed by atoms with Crippen LogP contribution in [0.15, 0.2) is 24.3 Å². The van der Waals surface area contributed by atoms with E-state index in [0.717, 1.165) is 26.9 Å². The van der Waals surface area contributed by atoms with E-state index in [0.29, 0.717) is 6.61 Å². The number of nitrogens with zero attached hydrogens (tertiary/aromatic N) is 1. The third-order valence-corrected chi connectivity index (χ3v) is 4.14. The summed E-state index contributed by atoms with van der Waals surface area (Å²) in [6.07, 6.45) is 0. The van der Waals surface area contributed by atoms with Crippen LogP contribution in [0, 0.1) is 0 Å². The SMILES string of the molecule is CCOc1ccccc1-c1nc(C(C)C)c(C(C)=O)s1. The molecule has 1 aromatic heterocycles. The van der Waals surface area contributed by atoms with Crippen molar-refractivity contribution in [1.29, 1.82) is 0 Å². The Hall–Kier alpha value is -1.68. The van der Waals surface area contributed by atoms with E-state index in [2.05, 4.69) is 18.8 Å². The molecule has 0 aliphatic rings. The first-order chi connectivity index (χ1) is 9.54. The van der Waals surface area contributed by atoms with E-state index >= 15 is 0 Å². The van der Waals surface area contributed by atoms with Crippen LogP contribution in [0.3, 0.4) is 0 Å². The van der Waals surface area contributed by atoms with Crippen LogP contribution in [0.4, 0.5) is 0 Å². The monoisotopic (exact) mass is 289 g/mol. The summed E-state index contributed by atoms with van der Waals surface area (Å²) >= 11 is 1.45. The molecule has 0 aliphatic carbocycles. The minimum atomic E-state index is 0.0753. The van der Waals surface area contributed by atoms with Gasteiger partial charge >= 0.3 is 0 Å². The van der Waals surface area contributed by atoms with Crippen molar-refractivity contribution >= 4 is 17.1 Å². The highest BCUT2D eigenvalue weighted by Crippen LogP contribution is 2.36. The van der Waals surface area contributed by atoms with Crippen molar-refractivity contribution in [2.24, 2.45) is 0 Å². The van der Waals surface area contributed by atoms with Crippen LogP contribution in [0.5, 0.6) is 5.75 Å². The molecule has 4 heteroatoms. The molecule has 0 aliphatic heterocycles. The largest absolute Gasteiger partial charge is 0.493 e. The molecule has 0 saturated carbocycles. The molecule has 3 nitrogen and oxygen atoms in total. The standard InChI is InChI=1S/C16H19NO2S/c1-5-19-13-9-7-6-8-12(13)16-17-14(10(2)3)15(20-16)11(4)18/h6-10H,5H2,1-4H3. The molecule has 0 unspecified atom stereocenters. The highest BCUT2D eigenvalue weighted by Gasteiger charge is 2.19. The third-order valence-electron chi connectivity index (χ3n) is 2.94. The maximum Gasteiger partial charge on any atom is 0.171 e. The molecule has 0 spiro atoms. The Morgan fingerprint density at radius 1 is 1.35 bits per heavy atom. The smallest absolute Gasteiger partial charge is 0.171 e. The van der Waals surface area contributed by atoms with Gasteiger partial charge in [0.25, 0.3) is 0 Å². The van der Waals surface area contributed by atoms with E-state index < -0.39 is 0 Å². The fourth-order valence-electron chi connectivity index (χ4n) is 2.02. The molecule has 2 aromatic rings. The number of para-hydroxylation sites is 1. The third kappa shape index (κ3) is 2.90. The molecule has 0 atom stereocenters. The van der Waals surface area contributed by atoms with Crippen LogP contribution < -0.4 is 4.74 Å². The van der Waals surface area contributed by atoms with Crippen LogP contribution in [-0.4, -0.2) is 17.4 Å². The van der Waals surface area contributed by atoms with Gasteiger partial charge in [0.15, 0.2) is 5.78 Å². The Kier molecular flexibility index (Phi) is 4.55. The zero-order chi connectivity index (χ0) is 14.7. The van der Waals surface area contributed by atoms with E-state index in [-0.39, 0.29) is 11.7 Å². The average Bonchev–Trinajstić information content (AvgIpc) is 2.85. The van der Waals surface area contributed by atoms with Crippen molar-refractivity contribution in [1.82, 2.24) is 4.98 Å². The Balaban J connectivity index is 2.53. The van der Waals surface area contributed by atoms with E-state index in [4.69, 9.17) is 4.74 Å². The van der Waals surface area contributed by atoms with Crippen molar-refractivity contribution in [3.8, 4) is 16.3 Å². The fourth-order valence-corrected chi connectivity index (χ4v) is 3.16. The maximum atomic E-state index is 11.8. The van der Waals surface area contributed by atoms with Crippen LogP contribution in [0.25, 0.3) is 10.6 Å². The summed E-state index contributed by atoms with van der Waals surface area (Å²) in [6, 6.07) is 7.82. The van der Waals surface area contributed by atoms with Gasteiger partial charge in [-0.1, -0.05) is 26.0 Å². The van der Waals surface area contributed by atoms with Crippen LogP contribution in [-0.2, 0) is 0 Å². The number of carbonyl (C=O) groups is 1. The van der Waals surface area contributed by atoms with Crippen LogP contribution in [0.1, 0.15) is 49.0 Å². The summed E-state index contributed by atoms with van der Waals surface area (Å²) < 4.78 is 5.64. The summed E-state index contributed by atoms with van der Waals surface area (Å²) in [4.78, 5) is 17.2. The van der Waals surface area contributed by atoms with E-state index in [1.807, 2.05) is 31.2 Å². The number of carbonyl (C=O) groups excluding carboxylic acids is 1. The number of ether oxygens (including phenoxy) is 1. The first kappa shape index (κ1) is 14.7. The van der Waals surface area contributed by atoms with Gasteiger partial charge in [0.1, 0.15) is 10.8 Å². The molecule has 0 radical (unpaired) electrons. The first-order valence-electron chi connectivity index (χ1n) is 6.78. The summed E-state index contributed by atoms with van der Waals surface area (Å²) in [6.45, 7) is 8.27. The second-order valence-corrected chi connectivity index (χ2v) is 5.87. The summed E-state index contributed by atoms with van der Waals surface area (Å²) in [5.74, 6) is 1.12. The van der Waals surface area contributed by atoms with Gasteiger partial charge in [-0.2, -0.15) is 0 Å². The topological polar surface area (TPSA) is 39.2 Å². The van der Waals surface area contributed by atoms with Gasteiger partial charge in [-0.3, -0.25) is 4.79 Å². The lowest BCUT2D eigenvalue weighted by Gasteiger charge is -2.07. The molecular weight excluding hydrogens is 270 g/mol. The Morgan fingerprint density at radius 2 is 2.05 bits per heavy atom. The number of aromatic nitrogens is 1. The molecule has 0 fully saturated rings. The van der Waals surface area contributed by atoms with Gasteiger partial charge in [-0.05, 0) is 25.0 Å². The predicted octanol–water partition coefficient (Wildman–Crippen LogP) is 4.53. The molecule has 1 heterocycles. The van der Waals surface area contributed by atoms with Gasteiger partial charge in [-0.25, -0.2) is 4.98 Å². The summed E-state index contributed by atoms with van der Waals surface area (Å²) in [5.41, 5.74) is 1.83. The highest BCUT2D eigenvalue weighted by atomic mass is 32.1. The lowest BCUT2D eigenvalue weighted by atomic mass is 10.1. The van der Waals surface area contributed by atoms with Crippen molar-refractivity contribution in [3.05, 3.63) is 34.8 Å². The molecule has 0 saturated heterocycles. The number of hydrogen-bond donors (Lipinski definition) is 0. The van der Waals surface area contributed by atoms with E-state index in [1.54, 1.807) is 6.92 Å². The first-order valence-corrected chi connectivity index (χ1v) is 7.60. The number of benzene rings is 1. The predicted molar refractivity (Wildman–Crippen MR) is 82.8 cm³/mol. The zero-order valence-corrected chi connectivity index (χ0v) is 13.1. The molecule has 0 N–H and O–H groups in total. The second-order valence-electron chi connectivity index (χ2n) is 4.87. The van der Waals surface area contributed by atoms with Crippen molar-refractivity contribution in [2.45, 2.75) is 33.6 Å². The van der Waals surface area contributed by atoms with Gasteiger partial charge in [0.05, 0.1) is 22.7 Å². The Labute approximate surface area is 123 Å². The van der Waals surface area contributed by atoms with Gasteiger partial charge in [0, 0.05) is 6.92 Å². The molecule has 0 amide bonds. The molecule has 0 bridgehead atoms. The van der Waals surface area contributed by atoms with Crippen molar-refractivity contribution in [2.75, 3.05) is 6.61 Å². The Bertz CT molecular complexity index is 617. The highest BCUT2D eigenvalue weighted by molar-refractivity contribution is 7.17. The summed E-state index contributed by atoms with van der Waals surface area (Å²) in [7, 11) is 0. The number of thiazole rings is 1. The van der Waals surface area contributed by atoms with Gasteiger partial charge in [0.2, 0.25) is 0 Å². The molecule has 2 rings (SSSR count). The average molecular weight is 289 g/mol. The number of hydrogen-bond acceptors (Lipinski definition) is 4. The zero-order valence-electron chi connectivity index (χ0n) is 12.3. The normalized spacial score (nSPS) is 10.8. The van der Waals surface area contributed by atoms with Gasteiger partial charge in [-0.15, -0.1) is 11.3 Å². The fraction of sp³-hybridized carbons (Fsp3) is 0.375. The van der Waals surface area contributed by atoms with E-state index in [1.165, 1.54) is 11.3 Å². The molecular formula is C16H19NO2S. The van der Waals surface area contributed by atoms with Crippen molar-refractivity contribution in [3.63, 3.8) is 0 Å². The van der Waals surface area contributed by atoms with Gasteiger partial charge < -0.3 is 4.74 Å². The number of Topliss-reactive ketones (excluding diaryl/α,β-unsaturated/α-hetero) is 1. The van der Waals surface area contributed by atoms with Crippen LogP contribution >= 0.6 is 11.3 Å². The quantitative estimate of drug-likeness (QED) is 0.759. The summed E-state index contributed by atoms with van der Waals surface area (Å²) in [5, 5.41) is 0.850. The van der Waals surface area contributed by atoms with E-state index in [9.17, 15) is 4.79 Å². The van der Waals surface area contributed by atoms with Crippen molar-refractivity contribution < 1.29 is 9.53 Å². The number of rotatable bonds is 5. The number of ketones is 1. The second kappa shape index (κ2) is 6.18. The lowest BCUT2D eigenvalue weighted by Crippen LogP contribution is -1.97. The molecule has 106 valence electrons.